The van der Waals surface area contributed by atoms with Crippen LogP contribution in [0.2, 0.25) is 0 Å². The molecule has 2 heteroatoms. The van der Waals surface area contributed by atoms with Crippen molar-refractivity contribution in [1.29, 1.82) is 0 Å². The normalized spacial score (nSPS) is 14.8. The Labute approximate surface area is 122 Å². The van der Waals surface area contributed by atoms with Gasteiger partial charge in [0, 0.05) is 17.7 Å². The molecule has 0 spiro atoms. The van der Waals surface area contributed by atoms with Gasteiger partial charge in [-0.15, -0.1) is 0 Å². The summed E-state index contributed by atoms with van der Waals surface area (Å²) in [7, 11) is 0. The molecule has 0 bridgehead atoms. The zero-order chi connectivity index (χ0) is 14.9. The highest BCUT2D eigenvalue weighted by atomic mass is 16.2. The first-order valence-electron chi connectivity index (χ1n) is 7.54. The monoisotopic (exact) mass is 271 g/mol. The molecule has 1 aliphatic carbocycles. The average molecular weight is 271 g/mol. The van der Waals surface area contributed by atoms with Crippen molar-refractivity contribution in [2.24, 2.45) is 0 Å². The van der Waals surface area contributed by atoms with Crippen LogP contribution in [-0.2, 0) is 11.2 Å². The van der Waals surface area contributed by atoms with E-state index in [-0.39, 0.29) is 18.0 Å². The Hall–Kier alpha value is -1.57. The smallest absolute Gasteiger partial charge is 0.254 e. The highest BCUT2D eigenvalue weighted by Gasteiger charge is 2.28. The second-order valence-electron chi connectivity index (χ2n) is 6.21. The molecule has 0 aliphatic heterocycles. The van der Waals surface area contributed by atoms with Gasteiger partial charge in [0.15, 0.2) is 0 Å². The van der Waals surface area contributed by atoms with Gasteiger partial charge in [-0.25, -0.2) is 0 Å². The summed E-state index contributed by atoms with van der Waals surface area (Å²) in [5.74, 6) is 0.180. The molecule has 2 rings (SSSR count). The van der Waals surface area contributed by atoms with Crippen LogP contribution >= 0.6 is 0 Å². The van der Waals surface area contributed by atoms with Crippen LogP contribution < -0.4 is 0 Å². The standard InChI is InChI=1S/C18H25NO/c1-12(2)19(13(3)4)18(20)17-14(5)10-11-15-8-6-7-9-16(15)17/h6-9,12-13H,10-11H2,1-5H3. The van der Waals surface area contributed by atoms with Crippen LogP contribution in [-0.4, -0.2) is 22.9 Å². The third kappa shape index (κ3) is 2.65. The molecule has 1 aromatic rings. The number of amides is 1. The number of hydrogen-bond acceptors (Lipinski definition) is 1. The first kappa shape index (κ1) is 14.8. The van der Waals surface area contributed by atoms with Gasteiger partial charge in [0.2, 0.25) is 0 Å². The number of carbonyl (C=O) groups excluding carboxylic acids is 1. The molecule has 0 heterocycles. The van der Waals surface area contributed by atoms with Crippen molar-refractivity contribution >= 4 is 11.5 Å². The molecule has 1 aromatic carbocycles. The van der Waals surface area contributed by atoms with Crippen LogP contribution in [0.15, 0.2) is 29.8 Å². The first-order chi connectivity index (χ1) is 9.43. The molecule has 0 atom stereocenters. The Morgan fingerprint density at radius 1 is 1.05 bits per heavy atom. The maximum Gasteiger partial charge on any atom is 0.254 e. The molecule has 108 valence electrons. The van der Waals surface area contributed by atoms with Crippen LogP contribution in [0.25, 0.3) is 5.57 Å². The van der Waals surface area contributed by atoms with Crippen molar-refractivity contribution in [3.05, 3.63) is 41.0 Å². The molecule has 0 aromatic heterocycles. The zero-order valence-electron chi connectivity index (χ0n) is 13.2. The predicted octanol–water partition coefficient (Wildman–Crippen LogP) is 4.05. The summed E-state index contributed by atoms with van der Waals surface area (Å²) >= 11 is 0. The summed E-state index contributed by atoms with van der Waals surface area (Å²) in [6.07, 6.45) is 2.03. The molecule has 1 aliphatic rings. The van der Waals surface area contributed by atoms with E-state index in [0.717, 1.165) is 24.0 Å². The predicted molar refractivity (Wildman–Crippen MR) is 84.5 cm³/mol. The summed E-state index contributed by atoms with van der Waals surface area (Å²) in [5, 5.41) is 0. The maximum atomic E-state index is 13.0. The number of nitrogens with zero attached hydrogens (tertiary/aromatic N) is 1. The SMILES string of the molecule is CC1=C(C(=O)N(C(C)C)C(C)C)c2ccccc2CC1. The van der Waals surface area contributed by atoms with Crippen LogP contribution in [0.5, 0.6) is 0 Å². The van der Waals surface area contributed by atoms with Crippen LogP contribution in [0.4, 0.5) is 0 Å². The maximum absolute atomic E-state index is 13.0. The summed E-state index contributed by atoms with van der Waals surface area (Å²) < 4.78 is 0. The summed E-state index contributed by atoms with van der Waals surface area (Å²) in [5.41, 5.74) is 4.58. The van der Waals surface area contributed by atoms with Gasteiger partial charge in [-0.1, -0.05) is 29.8 Å². The number of fused-ring (bicyclic) bond motifs is 1. The third-order valence-electron chi connectivity index (χ3n) is 4.04. The molecule has 0 saturated carbocycles. The Balaban J connectivity index is 2.47. The van der Waals surface area contributed by atoms with Crippen LogP contribution in [0.3, 0.4) is 0 Å². The van der Waals surface area contributed by atoms with E-state index in [1.165, 1.54) is 11.1 Å². The summed E-state index contributed by atoms with van der Waals surface area (Å²) in [6, 6.07) is 8.76. The van der Waals surface area contributed by atoms with Crippen molar-refractivity contribution in [2.45, 2.75) is 59.5 Å². The Bertz CT molecular complexity index is 532. The minimum atomic E-state index is 0.180. The van der Waals surface area contributed by atoms with Gasteiger partial charge >= 0.3 is 0 Å². The quantitative estimate of drug-likeness (QED) is 0.812. The van der Waals surface area contributed by atoms with E-state index in [2.05, 4.69) is 52.8 Å². The second kappa shape index (κ2) is 5.82. The van der Waals surface area contributed by atoms with E-state index in [1.54, 1.807) is 0 Å². The van der Waals surface area contributed by atoms with Gasteiger partial charge in [0.05, 0.1) is 0 Å². The lowest BCUT2D eigenvalue weighted by Gasteiger charge is -2.33. The van der Waals surface area contributed by atoms with Gasteiger partial charge in [-0.3, -0.25) is 4.79 Å². The Kier molecular flexibility index (Phi) is 4.32. The zero-order valence-corrected chi connectivity index (χ0v) is 13.2. The molecule has 20 heavy (non-hydrogen) atoms. The first-order valence-corrected chi connectivity index (χ1v) is 7.54. The number of aryl methyl sites for hydroxylation is 1. The fraction of sp³-hybridized carbons (Fsp3) is 0.500. The van der Waals surface area contributed by atoms with Crippen LogP contribution in [0, 0.1) is 0 Å². The average Bonchev–Trinajstić information content (AvgIpc) is 2.37. The highest BCUT2D eigenvalue weighted by Crippen LogP contribution is 2.33. The minimum absolute atomic E-state index is 0.180. The molecule has 0 unspecified atom stereocenters. The second-order valence-corrected chi connectivity index (χ2v) is 6.21. The molecule has 0 radical (unpaired) electrons. The van der Waals surface area contributed by atoms with E-state index in [4.69, 9.17) is 0 Å². The highest BCUT2D eigenvalue weighted by molar-refractivity contribution is 6.21. The number of hydrogen-bond donors (Lipinski definition) is 0. The van der Waals surface area contributed by atoms with E-state index < -0.39 is 0 Å². The molecule has 0 N–H and O–H groups in total. The molecule has 0 fully saturated rings. The number of allylic oxidation sites excluding steroid dienone is 1. The van der Waals surface area contributed by atoms with E-state index >= 15 is 0 Å². The Morgan fingerprint density at radius 2 is 1.65 bits per heavy atom. The number of benzene rings is 1. The summed E-state index contributed by atoms with van der Waals surface area (Å²) in [6.45, 7) is 10.4. The van der Waals surface area contributed by atoms with Gasteiger partial charge in [-0.05, 0) is 58.6 Å². The van der Waals surface area contributed by atoms with Crippen molar-refractivity contribution in [3.63, 3.8) is 0 Å². The molecular formula is C18H25NO. The van der Waals surface area contributed by atoms with Gasteiger partial charge in [-0.2, -0.15) is 0 Å². The topological polar surface area (TPSA) is 20.3 Å². The van der Waals surface area contributed by atoms with Gasteiger partial charge in [0.25, 0.3) is 5.91 Å². The summed E-state index contributed by atoms with van der Waals surface area (Å²) in [4.78, 5) is 15.0. The molecule has 2 nitrogen and oxygen atoms in total. The fourth-order valence-electron chi connectivity index (χ4n) is 3.15. The van der Waals surface area contributed by atoms with E-state index in [1.807, 2.05) is 11.0 Å². The molecule has 0 saturated heterocycles. The van der Waals surface area contributed by atoms with Crippen LogP contribution in [0.1, 0.15) is 52.2 Å². The Morgan fingerprint density at radius 3 is 2.25 bits per heavy atom. The van der Waals surface area contributed by atoms with Crippen molar-refractivity contribution in [2.75, 3.05) is 0 Å². The molecular weight excluding hydrogens is 246 g/mol. The molecule has 1 amide bonds. The third-order valence-corrected chi connectivity index (χ3v) is 4.04. The van der Waals surface area contributed by atoms with E-state index in [9.17, 15) is 4.79 Å². The van der Waals surface area contributed by atoms with Crippen molar-refractivity contribution in [1.82, 2.24) is 4.90 Å². The van der Waals surface area contributed by atoms with Crippen molar-refractivity contribution in [3.8, 4) is 0 Å². The minimum Gasteiger partial charge on any atom is -0.334 e. The number of carbonyl (C=O) groups is 1. The van der Waals surface area contributed by atoms with Crippen molar-refractivity contribution < 1.29 is 4.79 Å². The largest absolute Gasteiger partial charge is 0.334 e. The lowest BCUT2D eigenvalue weighted by atomic mass is 9.85. The lowest BCUT2D eigenvalue weighted by Crippen LogP contribution is -2.43. The fourth-order valence-corrected chi connectivity index (χ4v) is 3.15. The van der Waals surface area contributed by atoms with Gasteiger partial charge in [0.1, 0.15) is 0 Å². The lowest BCUT2D eigenvalue weighted by molar-refractivity contribution is -0.128. The number of rotatable bonds is 3. The van der Waals surface area contributed by atoms with Gasteiger partial charge < -0.3 is 4.90 Å². The van der Waals surface area contributed by atoms with E-state index in [0.29, 0.717) is 0 Å².